The summed E-state index contributed by atoms with van der Waals surface area (Å²) >= 11 is 0. The number of pyridine rings is 1. The molecule has 0 N–H and O–H groups in total. The molecule has 86 valence electrons. The van der Waals surface area contributed by atoms with Gasteiger partial charge in [0.2, 0.25) is 0 Å². The second kappa shape index (κ2) is 3.19. The van der Waals surface area contributed by atoms with Crippen molar-refractivity contribution in [2.24, 2.45) is 0 Å². The molecule has 0 aliphatic heterocycles. The minimum atomic E-state index is 0.527. The van der Waals surface area contributed by atoms with Gasteiger partial charge in [0.05, 0.1) is 5.69 Å². The van der Waals surface area contributed by atoms with Crippen molar-refractivity contribution in [2.75, 3.05) is 0 Å². The van der Waals surface area contributed by atoms with Gasteiger partial charge in [-0.05, 0) is 49.3 Å². The third kappa shape index (κ3) is 1.42. The van der Waals surface area contributed by atoms with Crippen LogP contribution in [0.3, 0.4) is 0 Å². The molecule has 0 amide bonds. The number of hydrogen-bond donors (Lipinski definition) is 0. The van der Waals surface area contributed by atoms with E-state index in [9.17, 15) is 4.79 Å². The molecule has 0 saturated heterocycles. The van der Waals surface area contributed by atoms with Crippen LogP contribution >= 0.6 is 0 Å². The molecule has 2 aliphatic carbocycles. The lowest BCUT2D eigenvalue weighted by atomic mass is 10.2. The zero-order valence-corrected chi connectivity index (χ0v) is 9.60. The SMILES string of the molecule is O=Cc1c(C2CC2)nc2cc(C3CC3)ccn12. The van der Waals surface area contributed by atoms with Gasteiger partial charge in [-0.1, -0.05) is 0 Å². The minimum Gasteiger partial charge on any atom is -0.297 e. The molecular weight excluding hydrogens is 212 g/mol. The van der Waals surface area contributed by atoms with Crippen LogP contribution in [0.25, 0.3) is 5.65 Å². The molecule has 0 bridgehead atoms. The maximum Gasteiger partial charge on any atom is 0.168 e. The molecule has 17 heavy (non-hydrogen) atoms. The molecule has 0 aromatic carbocycles. The molecule has 2 fully saturated rings. The first-order valence-electron chi connectivity index (χ1n) is 6.34. The number of carbonyl (C=O) groups excluding carboxylic acids is 1. The zero-order valence-electron chi connectivity index (χ0n) is 9.60. The van der Waals surface area contributed by atoms with Gasteiger partial charge in [-0.25, -0.2) is 4.98 Å². The van der Waals surface area contributed by atoms with E-state index in [2.05, 4.69) is 17.1 Å². The summed E-state index contributed by atoms with van der Waals surface area (Å²) in [6.07, 6.45) is 7.91. The summed E-state index contributed by atoms with van der Waals surface area (Å²) in [7, 11) is 0. The molecule has 0 spiro atoms. The van der Waals surface area contributed by atoms with E-state index in [1.807, 2.05) is 10.6 Å². The number of carbonyl (C=O) groups is 1. The van der Waals surface area contributed by atoms with Crippen molar-refractivity contribution in [1.29, 1.82) is 0 Å². The Labute approximate surface area is 99.5 Å². The van der Waals surface area contributed by atoms with Crippen LogP contribution in [0.15, 0.2) is 18.3 Å². The Kier molecular flexibility index (Phi) is 1.76. The molecule has 3 heteroatoms. The quantitative estimate of drug-likeness (QED) is 0.754. The Morgan fingerprint density at radius 2 is 2.00 bits per heavy atom. The van der Waals surface area contributed by atoms with Crippen LogP contribution in [0.2, 0.25) is 0 Å². The standard InChI is InChI=1S/C14H14N2O/c17-8-12-14(10-3-4-10)15-13-7-11(9-1-2-9)5-6-16(12)13/h5-10H,1-4H2. The summed E-state index contributed by atoms with van der Waals surface area (Å²) in [5, 5.41) is 0. The first-order valence-corrected chi connectivity index (χ1v) is 6.34. The third-order valence-electron chi connectivity index (χ3n) is 3.84. The first-order chi connectivity index (χ1) is 8.36. The first kappa shape index (κ1) is 9.40. The smallest absolute Gasteiger partial charge is 0.168 e. The lowest BCUT2D eigenvalue weighted by Gasteiger charge is -1.99. The highest BCUT2D eigenvalue weighted by atomic mass is 16.1. The third-order valence-corrected chi connectivity index (χ3v) is 3.84. The van der Waals surface area contributed by atoms with Crippen molar-refractivity contribution < 1.29 is 4.79 Å². The summed E-state index contributed by atoms with van der Waals surface area (Å²) < 4.78 is 1.94. The highest BCUT2D eigenvalue weighted by Crippen LogP contribution is 2.42. The predicted octanol–water partition coefficient (Wildman–Crippen LogP) is 2.90. The zero-order chi connectivity index (χ0) is 11.4. The fourth-order valence-corrected chi connectivity index (χ4v) is 2.54. The number of aromatic nitrogens is 2. The van der Waals surface area contributed by atoms with Gasteiger partial charge < -0.3 is 0 Å². The average molecular weight is 226 g/mol. The van der Waals surface area contributed by atoms with E-state index >= 15 is 0 Å². The minimum absolute atomic E-state index is 0.527. The van der Waals surface area contributed by atoms with Crippen LogP contribution in [0.1, 0.15) is 59.3 Å². The summed E-state index contributed by atoms with van der Waals surface area (Å²) in [5.74, 6) is 1.26. The number of fused-ring (bicyclic) bond motifs is 1. The van der Waals surface area contributed by atoms with Gasteiger partial charge in [0.1, 0.15) is 11.3 Å². The molecule has 0 atom stereocenters. The maximum atomic E-state index is 11.2. The molecule has 0 radical (unpaired) electrons. The number of aldehydes is 1. The Morgan fingerprint density at radius 3 is 2.65 bits per heavy atom. The summed E-state index contributed by atoms with van der Waals surface area (Å²) in [4.78, 5) is 15.9. The van der Waals surface area contributed by atoms with Crippen molar-refractivity contribution in [2.45, 2.75) is 37.5 Å². The van der Waals surface area contributed by atoms with Gasteiger partial charge in [0, 0.05) is 12.1 Å². The number of imidazole rings is 1. The van der Waals surface area contributed by atoms with Crippen molar-refractivity contribution in [3.63, 3.8) is 0 Å². The van der Waals surface area contributed by atoms with Crippen molar-refractivity contribution in [3.8, 4) is 0 Å². The molecule has 2 saturated carbocycles. The molecule has 2 aromatic rings. The largest absolute Gasteiger partial charge is 0.297 e. The fourth-order valence-electron chi connectivity index (χ4n) is 2.54. The van der Waals surface area contributed by atoms with Crippen LogP contribution in [0.5, 0.6) is 0 Å². The van der Waals surface area contributed by atoms with E-state index < -0.39 is 0 Å². The lowest BCUT2D eigenvalue weighted by molar-refractivity contribution is 0.111. The van der Waals surface area contributed by atoms with Gasteiger partial charge in [-0.2, -0.15) is 0 Å². The Hall–Kier alpha value is -1.64. The second-order valence-electron chi connectivity index (χ2n) is 5.24. The van der Waals surface area contributed by atoms with Crippen LogP contribution in [0, 0.1) is 0 Å². The van der Waals surface area contributed by atoms with Crippen LogP contribution in [0.4, 0.5) is 0 Å². The van der Waals surface area contributed by atoms with E-state index in [0.717, 1.165) is 29.2 Å². The number of rotatable bonds is 3. The summed E-state index contributed by atoms with van der Waals surface area (Å²) in [5.41, 5.74) is 4.08. The number of hydrogen-bond acceptors (Lipinski definition) is 2. The Morgan fingerprint density at radius 1 is 1.24 bits per heavy atom. The highest BCUT2D eigenvalue weighted by molar-refractivity contribution is 5.77. The maximum absolute atomic E-state index is 11.2. The van der Waals surface area contributed by atoms with Gasteiger partial charge in [0.25, 0.3) is 0 Å². The van der Waals surface area contributed by atoms with Crippen LogP contribution in [-0.4, -0.2) is 15.7 Å². The van der Waals surface area contributed by atoms with Crippen LogP contribution < -0.4 is 0 Å². The lowest BCUT2D eigenvalue weighted by Crippen LogP contribution is -1.94. The Bertz CT molecular complexity index is 606. The van der Waals surface area contributed by atoms with Crippen molar-refractivity contribution in [1.82, 2.24) is 9.38 Å². The van der Waals surface area contributed by atoms with Crippen molar-refractivity contribution >= 4 is 11.9 Å². The van der Waals surface area contributed by atoms with Gasteiger partial charge >= 0.3 is 0 Å². The predicted molar refractivity (Wildman–Crippen MR) is 64.5 cm³/mol. The van der Waals surface area contributed by atoms with E-state index in [0.29, 0.717) is 5.92 Å². The van der Waals surface area contributed by atoms with Crippen LogP contribution in [-0.2, 0) is 0 Å². The normalized spacial score (nSPS) is 19.8. The topological polar surface area (TPSA) is 34.4 Å². The molecular formula is C14H14N2O. The fraction of sp³-hybridized carbons (Fsp3) is 0.429. The monoisotopic (exact) mass is 226 g/mol. The Balaban J connectivity index is 1.92. The molecule has 2 aliphatic rings. The van der Waals surface area contributed by atoms with E-state index in [1.54, 1.807) is 0 Å². The van der Waals surface area contributed by atoms with E-state index in [-0.39, 0.29) is 0 Å². The molecule has 3 nitrogen and oxygen atoms in total. The van der Waals surface area contributed by atoms with Gasteiger partial charge in [-0.3, -0.25) is 9.20 Å². The summed E-state index contributed by atoms with van der Waals surface area (Å²) in [6.45, 7) is 0. The molecule has 4 rings (SSSR count). The molecule has 2 aromatic heterocycles. The van der Waals surface area contributed by atoms with Gasteiger partial charge in [0.15, 0.2) is 6.29 Å². The molecule has 0 unspecified atom stereocenters. The van der Waals surface area contributed by atoms with E-state index in [1.165, 1.54) is 31.2 Å². The molecule has 2 heterocycles. The average Bonchev–Trinajstić information content (AvgIpc) is 3.23. The van der Waals surface area contributed by atoms with Gasteiger partial charge in [-0.15, -0.1) is 0 Å². The summed E-state index contributed by atoms with van der Waals surface area (Å²) in [6, 6.07) is 4.28. The van der Waals surface area contributed by atoms with Crippen molar-refractivity contribution in [3.05, 3.63) is 35.3 Å². The highest BCUT2D eigenvalue weighted by Gasteiger charge is 2.30. The van der Waals surface area contributed by atoms with E-state index in [4.69, 9.17) is 0 Å². The second-order valence-corrected chi connectivity index (χ2v) is 5.24. The number of nitrogens with zero attached hydrogens (tertiary/aromatic N) is 2.